The molecule has 4 heteroatoms. The monoisotopic (exact) mass is 259 g/mol. The molecule has 0 saturated heterocycles. The average Bonchev–Trinajstić information content (AvgIpc) is 2.12. The molecule has 0 fully saturated rings. The first-order valence-electron chi connectivity index (χ1n) is 3.58. The lowest BCUT2D eigenvalue weighted by Crippen LogP contribution is -1.85. The number of nitrogens with zero attached hydrogens (tertiary/aromatic N) is 1. The van der Waals surface area contributed by atoms with Gasteiger partial charge in [-0.05, 0) is 34.1 Å². The third kappa shape index (κ3) is 1.42. The van der Waals surface area contributed by atoms with Crippen molar-refractivity contribution >= 4 is 38.4 Å². The number of hydrogen-bond acceptors (Lipinski definition) is 1. The molecule has 2 rings (SSSR count). The van der Waals surface area contributed by atoms with Crippen molar-refractivity contribution in [3.63, 3.8) is 0 Å². The number of rotatable bonds is 0. The maximum Gasteiger partial charge on any atom is 0.148 e. The molecular weight excluding hydrogens is 256 g/mol. The van der Waals surface area contributed by atoms with Crippen LogP contribution in [-0.4, -0.2) is 4.98 Å². The molecule has 0 amide bonds. The molecule has 0 radical (unpaired) electrons. The van der Waals surface area contributed by atoms with E-state index in [1.54, 1.807) is 24.4 Å². The van der Waals surface area contributed by atoms with Crippen LogP contribution < -0.4 is 0 Å². The Bertz CT molecular complexity index is 472. The normalized spacial score (nSPS) is 10.7. The van der Waals surface area contributed by atoms with E-state index >= 15 is 0 Å². The number of aromatic nitrogens is 1. The van der Waals surface area contributed by atoms with E-state index in [0.29, 0.717) is 20.4 Å². The van der Waals surface area contributed by atoms with Crippen LogP contribution in [0.25, 0.3) is 10.9 Å². The van der Waals surface area contributed by atoms with Crippen LogP contribution >= 0.6 is 27.5 Å². The zero-order valence-electron chi connectivity index (χ0n) is 6.39. The van der Waals surface area contributed by atoms with Crippen LogP contribution in [0.3, 0.4) is 0 Å². The van der Waals surface area contributed by atoms with E-state index in [9.17, 15) is 4.39 Å². The highest BCUT2D eigenvalue weighted by Gasteiger charge is 2.08. The highest BCUT2D eigenvalue weighted by atomic mass is 79.9. The van der Waals surface area contributed by atoms with E-state index in [1.807, 2.05) is 0 Å². The number of hydrogen-bond donors (Lipinski definition) is 0. The Balaban J connectivity index is 2.97. The van der Waals surface area contributed by atoms with Gasteiger partial charge in [-0.2, -0.15) is 0 Å². The molecule has 0 aliphatic heterocycles. The molecule has 66 valence electrons. The van der Waals surface area contributed by atoms with Crippen molar-refractivity contribution in [2.24, 2.45) is 0 Å². The summed E-state index contributed by atoms with van der Waals surface area (Å²) in [5, 5.41) is 0.738. The fourth-order valence-corrected chi connectivity index (χ4v) is 1.71. The molecule has 0 spiro atoms. The quantitative estimate of drug-likeness (QED) is 0.702. The van der Waals surface area contributed by atoms with Crippen molar-refractivity contribution in [2.45, 2.75) is 0 Å². The second kappa shape index (κ2) is 3.24. The minimum atomic E-state index is -0.365. The molecule has 0 unspecified atom stereocenters. The third-order valence-electron chi connectivity index (χ3n) is 1.75. The lowest BCUT2D eigenvalue weighted by Gasteiger charge is -2.01. The fraction of sp³-hybridized carbons (Fsp3) is 0. The number of fused-ring (bicyclic) bond motifs is 1. The maximum atomic E-state index is 13.5. The molecule has 0 N–H and O–H groups in total. The maximum absolute atomic E-state index is 13.5. The van der Waals surface area contributed by atoms with Crippen molar-refractivity contribution in [1.82, 2.24) is 4.98 Å². The summed E-state index contributed by atoms with van der Waals surface area (Å²) in [6, 6.07) is 4.90. The van der Waals surface area contributed by atoms with Gasteiger partial charge in [0.05, 0.1) is 20.4 Å². The molecule has 0 bridgehead atoms. The van der Waals surface area contributed by atoms with Crippen molar-refractivity contribution in [1.29, 1.82) is 0 Å². The van der Waals surface area contributed by atoms with Crippen molar-refractivity contribution in [2.75, 3.05) is 0 Å². The Morgan fingerprint density at radius 3 is 2.85 bits per heavy atom. The van der Waals surface area contributed by atoms with Crippen molar-refractivity contribution in [3.05, 3.63) is 39.7 Å². The number of benzene rings is 1. The van der Waals surface area contributed by atoms with Crippen LogP contribution in [0.5, 0.6) is 0 Å². The van der Waals surface area contributed by atoms with Crippen molar-refractivity contribution in [3.8, 4) is 0 Å². The minimum Gasteiger partial charge on any atom is -0.256 e. The van der Waals surface area contributed by atoms with Gasteiger partial charge in [-0.3, -0.25) is 4.98 Å². The highest BCUT2D eigenvalue weighted by Crippen LogP contribution is 2.28. The van der Waals surface area contributed by atoms with E-state index in [2.05, 4.69) is 20.9 Å². The SMILES string of the molecule is Fc1c(Br)ccc2nccc(Cl)c12. The van der Waals surface area contributed by atoms with Gasteiger partial charge < -0.3 is 0 Å². The summed E-state index contributed by atoms with van der Waals surface area (Å²) in [6.45, 7) is 0. The lowest BCUT2D eigenvalue weighted by atomic mass is 10.2. The first kappa shape index (κ1) is 8.91. The summed E-state index contributed by atoms with van der Waals surface area (Å²) in [5.74, 6) is -0.365. The van der Waals surface area contributed by atoms with Gasteiger partial charge in [0.1, 0.15) is 5.82 Å². The predicted octanol–water partition coefficient (Wildman–Crippen LogP) is 3.79. The second-order valence-electron chi connectivity index (χ2n) is 2.55. The van der Waals surface area contributed by atoms with Crippen LogP contribution in [0.1, 0.15) is 0 Å². The van der Waals surface area contributed by atoms with Gasteiger partial charge in [-0.1, -0.05) is 11.6 Å². The Morgan fingerprint density at radius 1 is 1.31 bits per heavy atom. The largest absolute Gasteiger partial charge is 0.256 e. The molecule has 1 aromatic heterocycles. The van der Waals surface area contributed by atoms with Crippen LogP contribution in [-0.2, 0) is 0 Å². The zero-order chi connectivity index (χ0) is 9.42. The van der Waals surface area contributed by atoms with E-state index in [0.717, 1.165) is 0 Å². The van der Waals surface area contributed by atoms with Crippen LogP contribution in [0.4, 0.5) is 4.39 Å². The summed E-state index contributed by atoms with van der Waals surface area (Å²) >= 11 is 8.92. The standard InChI is InChI=1S/C9H4BrClFN/c10-5-1-2-7-8(9(5)12)6(11)3-4-13-7/h1-4H. The summed E-state index contributed by atoms with van der Waals surface area (Å²) in [5.41, 5.74) is 0.563. The third-order valence-corrected chi connectivity index (χ3v) is 2.67. The summed E-state index contributed by atoms with van der Waals surface area (Å²) < 4.78 is 13.9. The topological polar surface area (TPSA) is 12.9 Å². The van der Waals surface area contributed by atoms with Gasteiger partial charge in [0.25, 0.3) is 0 Å². The number of pyridine rings is 1. The summed E-state index contributed by atoms with van der Waals surface area (Å²) in [7, 11) is 0. The van der Waals surface area contributed by atoms with E-state index < -0.39 is 0 Å². The minimum absolute atomic E-state index is 0.360. The molecular formula is C9H4BrClFN. The molecule has 13 heavy (non-hydrogen) atoms. The molecule has 1 heterocycles. The van der Waals surface area contributed by atoms with Gasteiger partial charge in [0.15, 0.2) is 0 Å². The molecule has 0 aliphatic carbocycles. The molecule has 1 aromatic carbocycles. The highest BCUT2D eigenvalue weighted by molar-refractivity contribution is 9.10. The van der Waals surface area contributed by atoms with Crippen LogP contribution in [0, 0.1) is 5.82 Å². The van der Waals surface area contributed by atoms with Crippen LogP contribution in [0.15, 0.2) is 28.9 Å². The summed E-state index contributed by atoms with van der Waals surface area (Å²) in [4.78, 5) is 4.00. The average molecular weight is 260 g/mol. The first-order chi connectivity index (χ1) is 6.20. The Morgan fingerprint density at radius 2 is 2.08 bits per heavy atom. The molecule has 0 aliphatic rings. The lowest BCUT2D eigenvalue weighted by molar-refractivity contribution is 0.633. The van der Waals surface area contributed by atoms with E-state index in [1.165, 1.54) is 0 Å². The molecule has 0 atom stereocenters. The predicted molar refractivity (Wildman–Crippen MR) is 54.4 cm³/mol. The van der Waals surface area contributed by atoms with Gasteiger partial charge in [0.2, 0.25) is 0 Å². The molecule has 1 nitrogen and oxygen atoms in total. The Labute approximate surface area is 87.7 Å². The Kier molecular flexibility index (Phi) is 2.22. The molecule has 2 aromatic rings. The Hall–Kier alpha value is -0.670. The summed E-state index contributed by atoms with van der Waals surface area (Å²) in [6.07, 6.45) is 1.55. The zero-order valence-corrected chi connectivity index (χ0v) is 8.73. The smallest absolute Gasteiger partial charge is 0.148 e. The van der Waals surface area contributed by atoms with E-state index in [4.69, 9.17) is 11.6 Å². The van der Waals surface area contributed by atoms with Gasteiger partial charge in [0, 0.05) is 6.20 Å². The second-order valence-corrected chi connectivity index (χ2v) is 3.81. The van der Waals surface area contributed by atoms with Crippen LogP contribution in [0.2, 0.25) is 5.02 Å². The fourth-order valence-electron chi connectivity index (χ4n) is 1.14. The van der Waals surface area contributed by atoms with Crippen molar-refractivity contribution < 1.29 is 4.39 Å². The first-order valence-corrected chi connectivity index (χ1v) is 4.75. The van der Waals surface area contributed by atoms with E-state index in [-0.39, 0.29) is 5.82 Å². The number of halogens is 3. The van der Waals surface area contributed by atoms with Gasteiger partial charge in [-0.25, -0.2) is 4.39 Å². The van der Waals surface area contributed by atoms with Gasteiger partial charge in [-0.15, -0.1) is 0 Å². The molecule has 0 saturated carbocycles. The van der Waals surface area contributed by atoms with Gasteiger partial charge >= 0.3 is 0 Å².